The minimum absolute atomic E-state index is 0.102. The number of hydrogen-bond donors (Lipinski definition) is 2. The molecule has 4 N–H and O–H groups in total. The molecule has 2 spiro atoms. The molecule has 286 valence electrons. The van der Waals surface area contributed by atoms with Gasteiger partial charge in [0.05, 0.1) is 31.3 Å². The number of hydrogen-bond acceptors (Lipinski definition) is 11. The second kappa shape index (κ2) is 14.5. The van der Waals surface area contributed by atoms with Crippen molar-refractivity contribution in [1.82, 2.24) is 15.0 Å². The first-order chi connectivity index (χ1) is 27.5. The van der Waals surface area contributed by atoms with Gasteiger partial charge in [-0.15, -0.1) is 0 Å². The molecule has 57 heavy (non-hydrogen) atoms. The topological polar surface area (TPSA) is 152 Å². The molecule has 4 aliphatic rings. The number of aromatic nitrogens is 3. The summed E-state index contributed by atoms with van der Waals surface area (Å²) in [6, 6.07) is 20.9. The normalized spacial score (nSPS) is 20.0. The molecule has 0 bridgehead atoms. The first kappa shape index (κ1) is 37.2. The highest BCUT2D eigenvalue weighted by Crippen LogP contribution is 2.52. The zero-order chi connectivity index (χ0) is 39.5. The third kappa shape index (κ3) is 6.69. The fourth-order valence-corrected chi connectivity index (χ4v) is 8.26. The highest BCUT2D eigenvalue weighted by molar-refractivity contribution is 14.1. The van der Waals surface area contributed by atoms with Crippen LogP contribution in [0.15, 0.2) is 112 Å². The number of pyridine rings is 3. The van der Waals surface area contributed by atoms with Gasteiger partial charge in [0.2, 0.25) is 5.95 Å². The van der Waals surface area contributed by atoms with E-state index < -0.39 is 28.7 Å². The second-order valence-corrected chi connectivity index (χ2v) is 15.6. The summed E-state index contributed by atoms with van der Waals surface area (Å²) in [6.07, 6.45) is 4.59. The molecule has 7 heterocycles. The molecule has 6 aromatic rings. The van der Waals surface area contributed by atoms with Gasteiger partial charge in [-0.2, -0.15) is 4.39 Å². The Morgan fingerprint density at radius 1 is 0.632 bits per heavy atom. The van der Waals surface area contributed by atoms with Crippen LogP contribution < -0.4 is 20.9 Å². The Kier molecular flexibility index (Phi) is 9.45. The number of benzene rings is 3. The van der Waals surface area contributed by atoms with E-state index in [9.17, 15) is 13.2 Å². The molecule has 0 amide bonds. The standard InChI is InChI=1S/C26H17F3N4O2.C15H11BrIN3O2/c27-16-2-3-20(28)17(9-16)14-1-4-22-18(7-14)26(13-34-12-25(30)33-26)19-10-21(32-11-23(19)35-22)15-5-6-31-24(29)8-15;16-13-4-10-12(5-19-13)22-11-2-1-8(17)3-9(11)15(10)7-21-6-14(18)20-15/h1-11H,12-13H2,(H2,30,33);1-5H,6-7H2,(H2,18,20)/t26-;15-/m00/s1. The van der Waals surface area contributed by atoms with E-state index in [2.05, 4.69) is 59.5 Å². The fraction of sp³-hybridized carbons (Fsp3) is 0.146. The summed E-state index contributed by atoms with van der Waals surface area (Å²) in [5, 5.41) is 0. The number of amidine groups is 2. The molecule has 11 nitrogen and oxygen atoms in total. The van der Waals surface area contributed by atoms with Gasteiger partial charge in [0, 0.05) is 49.2 Å². The first-order valence-corrected chi connectivity index (χ1v) is 19.3. The van der Waals surface area contributed by atoms with Gasteiger partial charge in [0.1, 0.15) is 63.7 Å². The van der Waals surface area contributed by atoms with Gasteiger partial charge in [-0.05, 0) is 111 Å². The fourth-order valence-electron chi connectivity index (χ4n) is 7.44. The van der Waals surface area contributed by atoms with Crippen LogP contribution in [0.4, 0.5) is 13.2 Å². The van der Waals surface area contributed by atoms with Gasteiger partial charge in [-0.1, -0.05) is 6.07 Å². The van der Waals surface area contributed by atoms with Crippen LogP contribution in [0.5, 0.6) is 23.0 Å². The maximum absolute atomic E-state index is 14.6. The Morgan fingerprint density at radius 2 is 1.26 bits per heavy atom. The van der Waals surface area contributed by atoms with Crippen molar-refractivity contribution in [2.45, 2.75) is 11.1 Å². The molecular weight excluding hydrogens is 918 g/mol. The predicted octanol–water partition coefficient (Wildman–Crippen LogP) is 8.15. The molecular formula is C41H28BrF3IN7O4. The number of halogens is 5. The van der Waals surface area contributed by atoms with Crippen molar-refractivity contribution < 1.29 is 32.1 Å². The maximum Gasteiger partial charge on any atom is 0.213 e. The molecule has 0 saturated carbocycles. The van der Waals surface area contributed by atoms with Crippen LogP contribution in [0.3, 0.4) is 0 Å². The summed E-state index contributed by atoms with van der Waals surface area (Å²) in [5.74, 6) is 1.33. The molecule has 2 atom stereocenters. The summed E-state index contributed by atoms with van der Waals surface area (Å²) in [4.78, 5) is 21.8. The van der Waals surface area contributed by atoms with Crippen LogP contribution in [0, 0.1) is 21.2 Å². The molecule has 0 unspecified atom stereocenters. The van der Waals surface area contributed by atoms with E-state index in [1.165, 1.54) is 18.5 Å². The number of nitrogens with zero attached hydrogens (tertiary/aromatic N) is 5. The summed E-state index contributed by atoms with van der Waals surface area (Å²) < 4.78 is 67.7. The molecule has 3 aromatic heterocycles. The molecule has 3 aromatic carbocycles. The van der Waals surface area contributed by atoms with E-state index in [4.69, 9.17) is 40.4 Å². The third-order valence-electron chi connectivity index (χ3n) is 9.90. The van der Waals surface area contributed by atoms with E-state index in [1.807, 2.05) is 18.2 Å². The summed E-state index contributed by atoms with van der Waals surface area (Å²) in [6.45, 7) is 1.05. The molecule has 16 heteroatoms. The van der Waals surface area contributed by atoms with Crippen molar-refractivity contribution in [1.29, 1.82) is 0 Å². The van der Waals surface area contributed by atoms with Crippen molar-refractivity contribution in [3.8, 4) is 45.4 Å². The predicted molar refractivity (Wildman–Crippen MR) is 217 cm³/mol. The van der Waals surface area contributed by atoms with Crippen LogP contribution in [-0.4, -0.2) is 53.1 Å². The lowest BCUT2D eigenvalue weighted by Gasteiger charge is -2.39. The summed E-state index contributed by atoms with van der Waals surface area (Å²) >= 11 is 5.70. The van der Waals surface area contributed by atoms with Crippen molar-refractivity contribution in [2.24, 2.45) is 21.5 Å². The highest BCUT2D eigenvalue weighted by atomic mass is 127. The van der Waals surface area contributed by atoms with Crippen molar-refractivity contribution in [2.75, 3.05) is 26.4 Å². The second-order valence-electron chi connectivity index (χ2n) is 13.5. The van der Waals surface area contributed by atoms with Crippen LogP contribution in [-0.2, 0) is 20.6 Å². The van der Waals surface area contributed by atoms with Gasteiger partial charge in [-0.3, -0.25) is 15.0 Å². The summed E-state index contributed by atoms with van der Waals surface area (Å²) in [5.41, 5.74) is 14.9. The third-order valence-corrected chi connectivity index (χ3v) is 11.0. The average Bonchev–Trinajstić information content (AvgIpc) is 3.20. The van der Waals surface area contributed by atoms with Gasteiger partial charge >= 0.3 is 0 Å². The highest BCUT2D eigenvalue weighted by Gasteiger charge is 2.46. The van der Waals surface area contributed by atoms with Crippen molar-refractivity contribution >= 4 is 50.2 Å². The zero-order valence-corrected chi connectivity index (χ0v) is 33.2. The SMILES string of the molecule is NC1=N[C@@]2(COC1)c1cc(-c3cc(F)ccc3F)ccc1Oc1cnc(-c3ccnc(F)c3)cc12.NC1=N[C@@]2(COC1)c1cc(I)ccc1Oc1cnc(Br)cc12. The Balaban J connectivity index is 0.000000165. The number of nitrogens with two attached hydrogens (primary N) is 2. The van der Waals surface area contributed by atoms with Crippen molar-refractivity contribution in [3.05, 3.63) is 145 Å². The summed E-state index contributed by atoms with van der Waals surface area (Å²) in [7, 11) is 0. The number of rotatable bonds is 2. The Hall–Kier alpha value is -5.43. The van der Waals surface area contributed by atoms with E-state index in [-0.39, 0.29) is 24.6 Å². The zero-order valence-electron chi connectivity index (χ0n) is 29.5. The largest absolute Gasteiger partial charge is 0.455 e. The van der Waals surface area contributed by atoms with Gasteiger partial charge < -0.3 is 30.4 Å². The van der Waals surface area contributed by atoms with Crippen LogP contribution >= 0.6 is 38.5 Å². The minimum Gasteiger partial charge on any atom is -0.455 e. The lowest BCUT2D eigenvalue weighted by Crippen LogP contribution is -2.42. The number of ether oxygens (including phenoxy) is 4. The maximum atomic E-state index is 14.6. The van der Waals surface area contributed by atoms with Crippen LogP contribution in [0.1, 0.15) is 22.3 Å². The number of aliphatic imine (C=N–C) groups is 2. The lowest BCUT2D eigenvalue weighted by atomic mass is 9.79. The number of fused-ring (bicyclic) bond motifs is 8. The molecule has 10 rings (SSSR count). The minimum atomic E-state index is -1.13. The molecule has 0 aliphatic carbocycles. The van der Waals surface area contributed by atoms with Crippen LogP contribution in [0.25, 0.3) is 22.4 Å². The molecule has 4 aliphatic heterocycles. The van der Waals surface area contributed by atoms with E-state index in [0.717, 1.165) is 43.2 Å². The smallest absolute Gasteiger partial charge is 0.213 e. The molecule has 0 saturated heterocycles. The monoisotopic (exact) mass is 945 g/mol. The van der Waals surface area contributed by atoms with E-state index >= 15 is 0 Å². The van der Waals surface area contributed by atoms with Crippen molar-refractivity contribution in [3.63, 3.8) is 0 Å². The quantitative estimate of drug-likeness (QED) is 0.129. The van der Waals surface area contributed by atoms with E-state index in [1.54, 1.807) is 36.5 Å². The Labute approximate surface area is 345 Å². The first-order valence-electron chi connectivity index (χ1n) is 17.4. The Morgan fingerprint density at radius 3 is 1.95 bits per heavy atom. The Bertz CT molecular complexity index is 2630. The molecule has 0 radical (unpaired) electrons. The van der Waals surface area contributed by atoms with Gasteiger partial charge in [0.15, 0.2) is 11.5 Å². The lowest BCUT2D eigenvalue weighted by molar-refractivity contribution is 0.109. The van der Waals surface area contributed by atoms with Gasteiger partial charge in [-0.25, -0.2) is 18.7 Å². The molecule has 0 fully saturated rings. The van der Waals surface area contributed by atoms with Crippen LogP contribution in [0.2, 0.25) is 0 Å². The van der Waals surface area contributed by atoms with E-state index in [0.29, 0.717) is 64.2 Å². The van der Waals surface area contributed by atoms with Gasteiger partial charge in [0.25, 0.3) is 0 Å². The average molecular weight is 947 g/mol.